The van der Waals surface area contributed by atoms with Crippen molar-refractivity contribution in [1.82, 2.24) is 15.5 Å². The number of hydrogen-bond acceptors (Lipinski definition) is 6. The molecule has 0 aliphatic carbocycles. The van der Waals surface area contributed by atoms with Gasteiger partial charge in [0.1, 0.15) is 5.75 Å². The van der Waals surface area contributed by atoms with Gasteiger partial charge < -0.3 is 19.8 Å². The van der Waals surface area contributed by atoms with E-state index >= 15 is 0 Å². The standard InChI is InChI=1S/C15H20N4O2/c1-2-8-16-10-14-18-19-15(21-14)17-12-7-9-20-13-6-4-3-5-11(12)13/h3-6,12,16H,2,7-10H2,1H3,(H,17,19). The molecule has 112 valence electrons. The van der Waals surface area contributed by atoms with E-state index in [1.165, 1.54) is 0 Å². The molecule has 2 N–H and O–H groups in total. The summed E-state index contributed by atoms with van der Waals surface area (Å²) in [5.74, 6) is 1.52. The van der Waals surface area contributed by atoms with Crippen LogP contribution in [-0.2, 0) is 6.54 Å². The number of hydrogen-bond donors (Lipinski definition) is 2. The average Bonchev–Trinajstić information content (AvgIpc) is 2.96. The largest absolute Gasteiger partial charge is 0.493 e. The summed E-state index contributed by atoms with van der Waals surface area (Å²) in [6.07, 6.45) is 1.96. The quantitative estimate of drug-likeness (QED) is 0.796. The number of rotatable bonds is 6. The van der Waals surface area contributed by atoms with Gasteiger partial charge in [0, 0.05) is 12.0 Å². The third-order valence-corrected chi connectivity index (χ3v) is 3.43. The zero-order valence-electron chi connectivity index (χ0n) is 12.1. The molecule has 1 atom stereocenters. The summed E-state index contributed by atoms with van der Waals surface area (Å²) in [4.78, 5) is 0. The number of nitrogens with zero attached hydrogens (tertiary/aromatic N) is 2. The maximum absolute atomic E-state index is 5.65. The Hall–Kier alpha value is -2.08. The van der Waals surface area contributed by atoms with E-state index in [4.69, 9.17) is 9.15 Å². The lowest BCUT2D eigenvalue weighted by molar-refractivity contribution is 0.273. The second-order valence-corrected chi connectivity index (χ2v) is 5.05. The van der Waals surface area contributed by atoms with Crippen LogP contribution in [0.3, 0.4) is 0 Å². The van der Waals surface area contributed by atoms with Gasteiger partial charge in [-0.15, -0.1) is 5.10 Å². The first-order chi connectivity index (χ1) is 10.4. The van der Waals surface area contributed by atoms with Gasteiger partial charge in [0.15, 0.2) is 0 Å². The SMILES string of the molecule is CCCNCc1nnc(NC2CCOc3ccccc32)o1. The number of ether oxygens (including phenoxy) is 1. The molecular weight excluding hydrogens is 268 g/mol. The minimum absolute atomic E-state index is 0.145. The highest BCUT2D eigenvalue weighted by Gasteiger charge is 2.22. The van der Waals surface area contributed by atoms with E-state index in [-0.39, 0.29) is 6.04 Å². The first-order valence-corrected chi connectivity index (χ1v) is 7.38. The molecule has 0 radical (unpaired) electrons. The Morgan fingerprint density at radius 1 is 1.29 bits per heavy atom. The summed E-state index contributed by atoms with van der Waals surface area (Å²) in [6.45, 7) is 4.36. The first-order valence-electron chi connectivity index (χ1n) is 7.38. The fourth-order valence-corrected chi connectivity index (χ4v) is 2.40. The van der Waals surface area contributed by atoms with E-state index in [2.05, 4.69) is 33.8 Å². The van der Waals surface area contributed by atoms with Gasteiger partial charge >= 0.3 is 6.01 Å². The molecule has 1 aromatic carbocycles. The van der Waals surface area contributed by atoms with Gasteiger partial charge in [-0.1, -0.05) is 30.2 Å². The number of nitrogens with one attached hydrogen (secondary N) is 2. The van der Waals surface area contributed by atoms with Gasteiger partial charge in [-0.05, 0) is 19.0 Å². The number of anilines is 1. The van der Waals surface area contributed by atoms with Gasteiger partial charge in [0.25, 0.3) is 0 Å². The van der Waals surface area contributed by atoms with Crippen molar-refractivity contribution in [1.29, 1.82) is 0 Å². The lowest BCUT2D eigenvalue weighted by atomic mass is 10.0. The van der Waals surface area contributed by atoms with Crippen LogP contribution < -0.4 is 15.4 Å². The van der Waals surface area contributed by atoms with Crippen LogP contribution in [0.5, 0.6) is 5.75 Å². The van der Waals surface area contributed by atoms with Crippen molar-refractivity contribution in [2.75, 3.05) is 18.5 Å². The monoisotopic (exact) mass is 288 g/mol. The van der Waals surface area contributed by atoms with Crippen molar-refractivity contribution in [2.45, 2.75) is 32.4 Å². The van der Waals surface area contributed by atoms with Crippen LogP contribution >= 0.6 is 0 Å². The first kappa shape index (κ1) is 13.9. The second-order valence-electron chi connectivity index (χ2n) is 5.05. The molecule has 0 bridgehead atoms. The Morgan fingerprint density at radius 3 is 3.10 bits per heavy atom. The molecule has 0 saturated heterocycles. The Morgan fingerprint density at radius 2 is 2.19 bits per heavy atom. The number of fused-ring (bicyclic) bond motifs is 1. The molecule has 3 rings (SSSR count). The molecule has 0 fully saturated rings. The highest BCUT2D eigenvalue weighted by atomic mass is 16.5. The molecule has 0 spiro atoms. The Kier molecular flexibility index (Phi) is 4.35. The van der Waals surface area contributed by atoms with Crippen LogP contribution in [-0.4, -0.2) is 23.3 Å². The number of benzene rings is 1. The number of aromatic nitrogens is 2. The molecule has 6 nitrogen and oxygen atoms in total. The Labute approximate surface area is 123 Å². The van der Waals surface area contributed by atoms with E-state index in [0.717, 1.165) is 30.7 Å². The maximum atomic E-state index is 5.65. The topological polar surface area (TPSA) is 72.2 Å². The molecular formula is C15H20N4O2. The predicted molar refractivity (Wildman–Crippen MR) is 79.2 cm³/mol. The summed E-state index contributed by atoms with van der Waals surface area (Å²) in [7, 11) is 0. The molecule has 0 saturated carbocycles. The van der Waals surface area contributed by atoms with E-state index in [1.807, 2.05) is 18.2 Å². The van der Waals surface area contributed by atoms with Crippen LogP contribution in [0.25, 0.3) is 0 Å². The Balaban J connectivity index is 1.65. The van der Waals surface area contributed by atoms with Gasteiger partial charge in [0.05, 0.1) is 19.2 Å². The lowest BCUT2D eigenvalue weighted by Crippen LogP contribution is -2.20. The minimum atomic E-state index is 0.145. The van der Waals surface area contributed by atoms with E-state index in [9.17, 15) is 0 Å². The zero-order valence-corrected chi connectivity index (χ0v) is 12.1. The van der Waals surface area contributed by atoms with Crippen molar-refractivity contribution in [3.05, 3.63) is 35.7 Å². The van der Waals surface area contributed by atoms with Crippen LogP contribution in [0.4, 0.5) is 6.01 Å². The molecule has 1 unspecified atom stereocenters. The van der Waals surface area contributed by atoms with Crippen molar-refractivity contribution < 1.29 is 9.15 Å². The molecule has 2 heterocycles. The fourth-order valence-electron chi connectivity index (χ4n) is 2.40. The fraction of sp³-hybridized carbons (Fsp3) is 0.467. The second kappa shape index (κ2) is 6.58. The Bertz CT molecular complexity index is 585. The van der Waals surface area contributed by atoms with Gasteiger partial charge in [-0.2, -0.15) is 0 Å². The molecule has 21 heavy (non-hydrogen) atoms. The zero-order chi connectivity index (χ0) is 14.5. The third kappa shape index (κ3) is 3.33. The third-order valence-electron chi connectivity index (χ3n) is 3.43. The minimum Gasteiger partial charge on any atom is -0.493 e. The summed E-state index contributed by atoms with van der Waals surface area (Å²) >= 11 is 0. The molecule has 6 heteroatoms. The molecule has 1 aliphatic heterocycles. The van der Waals surface area contributed by atoms with Crippen molar-refractivity contribution >= 4 is 6.01 Å². The van der Waals surface area contributed by atoms with Gasteiger partial charge in [0.2, 0.25) is 5.89 Å². The van der Waals surface area contributed by atoms with Crippen LogP contribution in [0.1, 0.15) is 37.3 Å². The predicted octanol–water partition coefficient (Wildman–Crippen LogP) is 2.50. The summed E-state index contributed by atoms with van der Waals surface area (Å²) in [5.41, 5.74) is 1.13. The maximum Gasteiger partial charge on any atom is 0.316 e. The highest BCUT2D eigenvalue weighted by molar-refractivity contribution is 5.41. The van der Waals surface area contributed by atoms with E-state index < -0.39 is 0 Å². The van der Waals surface area contributed by atoms with Crippen LogP contribution in [0, 0.1) is 0 Å². The summed E-state index contributed by atoms with van der Waals surface area (Å²) in [5, 5.41) is 14.6. The van der Waals surface area contributed by atoms with E-state index in [1.54, 1.807) is 0 Å². The lowest BCUT2D eigenvalue weighted by Gasteiger charge is -2.25. The highest BCUT2D eigenvalue weighted by Crippen LogP contribution is 2.33. The molecule has 2 aromatic rings. The normalized spacial score (nSPS) is 17.1. The van der Waals surface area contributed by atoms with Gasteiger partial charge in [-0.25, -0.2) is 0 Å². The van der Waals surface area contributed by atoms with Crippen molar-refractivity contribution in [2.24, 2.45) is 0 Å². The summed E-state index contributed by atoms with van der Waals surface area (Å²) in [6, 6.07) is 8.64. The van der Waals surface area contributed by atoms with Gasteiger partial charge in [-0.3, -0.25) is 0 Å². The average molecular weight is 288 g/mol. The summed E-state index contributed by atoms with van der Waals surface area (Å²) < 4.78 is 11.3. The molecule has 1 aliphatic rings. The molecule has 1 aromatic heterocycles. The van der Waals surface area contributed by atoms with Crippen molar-refractivity contribution in [3.63, 3.8) is 0 Å². The number of para-hydroxylation sites is 1. The molecule has 0 amide bonds. The van der Waals surface area contributed by atoms with E-state index in [0.29, 0.717) is 25.1 Å². The van der Waals surface area contributed by atoms with Crippen LogP contribution in [0.15, 0.2) is 28.7 Å². The van der Waals surface area contributed by atoms with Crippen LogP contribution in [0.2, 0.25) is 0 Å². The smallest absolute Gasteiger partial charge is 0.316 e. The van der Waals surface area contributed by atoms with Crippen molar-refractivity contribution in [3.8, 4) is 5.75 Å².